The Labute approximate surface area is 75.4 Å². The van der Waals surface area contributed by atoms with Gasteiger partial charge >= 0.3 is 5.97 Å². The summed E-state index contributed by atoms with van der Waals surface area (Å²) in [4.78, 5) is 9.97. The maximum Gasteiger partial charge on any atom is 0.341 e. The molecule has 0 aliphatic carbocycles. The quantitative estimate of drug-likeness (QED) is 0.603. The van der Waals surface area contributed by atoms with Crippen LogP contribution >= 0.6 is 0 Å². The van der Waals surface area contributed by atoms with Crippen molar-refractivity contribution in [3.63, 3.8) is 0 Å². The van der Waals surface area contributed by atoms with Gasteiger partial charge in [-0.1, -0.05) is 12.8 Å². The van der Waals surface area contributed by atoms with Gasteiger partial charge < -0.3 is 10.2 Å². The molecule has 2 unspecified atom stereocenters. The van der Waals surface area contributed by atoms with Crippen LogP contribution in [0.2, 0.25) is 0 Å². The summed E-state index contributed by atoms with van der Waals surface area (Å²) >= 11 is 0. The van der Waals surface area contributed by atoms with Gasteiger partial charge in [-0.3, -0.25) is 0 Å². The van der Waals surface area contributed by atoms with Crippen molar-refractivity contribution in [2.75, 3.05) is 6.61 Å². The second-order valence-electron chi connectivity index (χ2n) is 2.83. The molecule has 3 nitrogen and oxygen atoms in total. The van der Waals surface area contributed by atoms with Crippen molar-refractivity contribution in [3.05, 3.63) is 0 Å². The van der Waals surface area contributed by atoms with Crippen LogP contribution in [-0.2, 0) is 4.79 Å². The zero-order valence-corrected chi connectivity index (χ0v) is 7.25. The molecule has 0 radical (unpaired) electrons. The molecule has 0 saturated heterocycles. The number of alkyl halides is 2. The molecule has 2 N–H and O–H groups in total. The molecule has 0 heterocycles. The average molecular weight is 196 g/mol. The lowest BCUT2D eigenvalue weighted by atomic mass is 10.1. The first-order valence-electron chi connectivity index (χ1n) is 4.21. The molecular formula is C8H14F2O3. The summed E-state index contributed by atoms with van der Waals surface area (Å²) in [7, 11) is 0. The van der Waals surface area contributed by atoms with Crippen LogP contribution in [0.5, 0.6) is 0 Å². The third-order valence-corrected chi connectivity index (χ3v) is 1.69. The second kappa shape index (κ2) is 6.77. The molecule has 2 atom stereocenters. The van der Waals surface area contributed by atoms with Crippen molar-refractivity contribution in [1.82, 2.24) is 0 Å². The Bertz CT molecular complexity index is 152. The molecule has 5 heteroatoms. The molecule has 0 spiro atoms. The number of carbonyl (C=O) groups is 1. The van der Waals surface area contributed by atoms with Crippen LogP contribution in [0, 0.1) is 0 Å². The summed E-state index contributed by atoms with van der Waals surface area (Å²) in [5.41, 5.74) is 0. The van der Waals surface area contributed by atoms with Gasteiger partial charge in [-0.2, -0.15) is 0 Å². The molecule has 0 bridgehead atoms. The van der Waals surface area contributed by atoms with Gasteiger partial charge in [-0.15, -0.1) is 0 Å². The molecule has 13 heavy (non-hydrogen) atoms. The van der Waals surface area contributed by atoms with E-state index < -0.39 is 18.3 Å². The highest BCUT2D eigenvalue weighted by molar-refractivity contribution is 5.72. The molecule has 0 saturated carbocycles. The maximum absolute atomic E-state index is 12.7. The summed E-state index contributed by atoms with van der Waals surface area (Å²) in [6.45, 7) is 0.0228. The van der Waals surface area contributed by atoms with Crippen LogP contribution < -0.4 is 0 Å². The van der Waals surface area contributed by atoms with Gasteiger partial charge in [0.25, 0.3) is 0 Å². The normalized spacial score (nSPS) is 15.3. The van der Waals surface area contributed by atoms with Crippen molar-refractivity contribution < 1.29 is 23.8 Å². The topological polar surface area (TPSA) is 57.5 Å². The van der Waals surface area contributed by atoms with Gasteiger partial charge in [-0.25, -0.2) is 13.6 Å². The zero-order chi connectivity index (χ0) is 10.3. The number of unbranched alkanes of at least 4 members (excludes halogenated alkanes) is 2. The lowest BCUT2D eigenvalue weighted by molar-refractivity contribution is -0.145. The van der Waals surface area contributed by atoms with E-state index in [1.165, 1.54) is 0 Å². The molecular weight excluding hydrogens is 182 g/mol. The average Bonchev–Trinajstić information content (AvgIpc) is 2.10. The van der Waals surface area contributed by atoms with Gasteiger partial charge in [0, 0.05) is 6.61 Å². The first-order valence-corrected chi connectivity index (χ1v) is 4.21. The number of hydrogen-bond donors (Lipinski definition) is 2. The molecule has 78 valence electrons. The Morgan fingerprint density at radius 1 is 1.23 bits per heavy atom. The molecule has 0 rings (SSSR count). The van der Waals surface area contributed by atoms with Crippen molar-refractivity contribution in [1.29, 1.82) is 0 Å². The number of carboxylic acids is 1. The Kier molecular flexibility index (Phi) is 6.40. The summed E-state index contributed by atoms with van der Waals surface area (Å²) in [6.07, 6.45) is -2.94. The second-order valence-corrected chi connectivity index (χ2v) is 2.83. The number of carboxylic acid groups (broad SMARTS) is 1. The van der Waals surface area contributed by atoms with E-state index in [1.807, 2.05) is 0 Å². The molecule has 0 aromatic rings. The number of halogens is 2. The van der Waals surface area contributed by atoms with Crippen LogP contribution in [0.15, 0.2) is 0 Å². The number of hydrogen-bond acceptors (Lipinski definition) is 2. The lowest BCUT2D eigenvalue weighted by Gasteiger charge is -2.08. The minimum absolute atomic E-state index is 0.0228. The predicted molar refractivity (Wildman–Crippen MR) is 43.0 cm³/mol. The van der Waals surface area contributed by atoms with Gasteiger partial charge in [0.05, 0.1) is 0 Å². The molecule has 0 aliphatic heterocycles. The van der Waals surface area contributed by atoms with E-state index in [-0.39, 0.29) is 13.0 Å². The highest BCUT2D eigenvalue weighted by Gasteiger charge is 2.26. The fourth-order valence-electron chi connectivity index (χ4n) is 0.929. The van der Waals surface area contributed by atoms with Gasteiger partial charge in [0.1, 0.15) is 6.17 Å². The summed E-state index contributed by atoms with van der Waals surface area (Å²) in [5, 5.41) is 16.5. The molecule has 0 aliphatic rings. The van der Waals surface area contributed by atoms with Crippen molar-refractivity contribution in [3.8, 4) is 0 Å². The first-order chi connectivity index (χ1) is 6.09. The van der Waals surface area contributed by atoms with E-state index in [2.05, 4.69) is 0 Å². The van der Waals surface area contributed by atoms with E-state index in [0.717, 1.165) is 0 Å². The third-order valence-electron chi connectivity index (χ3n) is 1.69. The lowest BCUT2D eigenvalue weighted by Crippen LogP contribution is -2.26. The van der Waals surface area contributed by atoms with Crippen LogP contribution in [-0.4, -0.2) is 35.1 Å². The minimum Gasteiger partial charge on any atom is -0.479 e. The molecule has 0 aromatic heterocycles. The number of aliphatic hydroxyl groups excluding tert-OH is 1. The van der Waals surface area contributed by atoms with Crippen LogP contribution in [0.1, 0.15) is 25.7 Å². The van der Waals surface area contributed by atoms with E-state index >= 15 is 0 Å². The standard InChI is InChI=1S/C8H14F2O3/c9-6(7(10)8(12)13)4-2-1-3-5-11/h6-7,11H,1-5H2,(H,12,13). The van der Waals surface area contributed by atoms with E-state index in [0.29, 0.717) is 19.3 Å². The molecule has 0 aromatic carbocycles. The van der Waals surface area contributed by atoms with E-state index in [4.69, 9.17) is 10.2 Å². The number of rotatable bonds is 7. The first kappa shape index (κ1) is 12.3. The highest BCUT2D eigenvalue weighted by Crippen LogP contribution is 2.13. The van der Waals surface area contributed by atoms with Crippen molar-refractivity contribution in [2.24, 2.45) is 0 Å². The predicted octanol–water partition coefficient (Wildman–Crippen LogP) is 1.30. The number of aliphatic carboxylic acids is 1. The Balaban J connectivity index is 3.50. The largest absolute Gasteiger partial charge is 0.479 e. The van der Waals surface area contributed by atoms with Crippen LogP contribution in [0.4, 0.5) is 8.78 Å². The number of aliphatic hydroxyl groups is 1. The zero-order valence-electron chi connectivity index (χ0n) is 7.25. The Morgan fingerprint density at radius 3 is 2.31 bits per heavy atom. The van der Waals surface area contributed by atoms with Gasteiger partial charge in [-0.05, 0) is 12.8 Å². The smallest absolute Gasteiger partial charge is 0.341 e. The fraction of sp³-hybridized carbons (Fsp3) is 0.875. The van der Waals surface area contributed by atoms with E-state index in [9.17, 15) is 13.6 Å². The molecule has 0 amide bonds. The van der Waals surface area contributed by atoms with Crippen LogP contribution in [0.3, 0.4) is 0 Å². The Morgan fingerprint density at radius 2 is 1.85 bits per heavy atom. The maximum atomic E-state index is 12.7. The highest BCUT2D eigenvalue weighted by atomic mass is 19.2. The van der Waals surface area contributed by atoms with Crippen LogP contribution in [0.25, 0.3) is 0 Å². The SMILES string of the molecule is O=C(O)C(F)C(F)CCCCCO. The summed E-state index contributed by atoms with van der Waals surface area (Å²) < 4.78 is 25.1. The monoisotopic (exact) mass is 196 g/mol. The van der Waals surface area contributed by atoms with E-state index in [1.54, 1.807) is 0 Å². The van der Waals surface area contributed by atoms with Crippen molar-refractivity contribution >= 4 is 5.97 Å². The van der Waals surface area contributed by atoms with Gasteiger partial charge in [0.2, 0.25) is 6.17 Å². The van der Waals surface area contributed by atoms with Crippen molar-refractivity contribution in [2.45, 2.75) is 38.0 Å². The fourth-order valence-corrected chi connectivity index (χ4v) is 0.929. The molecule has 0 fully saturated rings. The third kappa shape index (κ3) is 5.52. The van der Waals surface area contributed by atoms with Gasteiger partial charge in [0.15, 0.2) is 0 Å². The summed E-state index contributed by atoms with van der Waals surface area (Å²) in [5.74, 6) is -1.75. The minimum atomic E-state index is -2.42. The summed E-state index contributed by atoms with van der Waals surface area (Å²) in [6, 6.07) is 0. The Hall–Kier alpha value is -0.710.